The third-order valence-corrected chi connectivity index (χ3v) is 2.34. The van der Waals surface area contributed by atoms with E-state index in [9.17, 15) is 10.1 Å². The Labute approximate surface area is 90.9 Å². The van der Waals surface area contributed by atoms with Crippen molar-refractivity contribution in [2.24, 2.45) is 0 Å². The highest BCUT2D eigenvalue weighted by Crippen LogP contribution is 2.22. The van der Waals surface area contributed by atoms with E-state index in [0.29, 0.717) is 5.02 Å². The number of nitro groups is 1. The molecule has 15 heavy (non-hydrogen) atoms. The van der Waals surface area contributed by atoms with Gasteiger partial charge in [0.2, 0.25) is 0 Å². The third-order valence-electron chi connectivity index (χ3n) is 2.02. The molecule has 0 radical (unpaired) electrons. The van der Waals surface area contributed by atoms with Gasteiger partial charge in [-0.15, -0.1) is 0 Å². The number of hydrogen-bond acceptors (Lipinski definition) is 2. The average molecular weight is 223 g/mol. The Morgan fingerprint density at radius 3 is 2.60 bits per heavy atom. The van der Waals surface area contributed by atoms with Gasteiger partial charge in [0.1, 0.15) is 0 Å². The van der Waals surface area contributed by atoms with Crippen molar-refractivity contribution >= 4 is 17.3 Å². The van der Waals surface area contributed by atoms with Crippen LogP contribution in [0, 0.1) is 10.1 Å². The summed E-state index contributed by atoms with van der Waals surface area (Å²) in [6.07, 6.45) is 3.04. The van der Waals surface area contributed by atoms with Crippen molar-refractivity contribution in [1.82, 2.24) is 4.57 Å². The van der Waals surface area contributed by atoms with Gasteiger partial charge in [0, 0.05) is 12.3 Å². The number of benzene rings is 1. The molecule has 0 aliphatic carbocycles. The van der Waals surface area contributed by atoms with Crippen molar-refractivity contribution in [3.63, 3.8) is 0 Å². The van der Waals surface area contributed by atoms with E-state index in [2.05, 4.69) is 0 Å². The van der Waals surface area contributed by atoms with Crippen LogP contribution in [0.1, 0.15) is 0 Å². The minimum absolute atomic E-state index is 0.0509. The van der Waals surface area contributed by atoms with E-state index in [1.807, 2.05) is 12.1 Å². The Hall–Kier alpha value is -1.81. The lowest BCUT2D eigenvalue weighted by Gasteiger charge is -2.03. The van der Waals surface area contributed by atoms with Gasteiger partial charge in [-0.3, -0.25) is 10.1 Å². The summed E-state index contributed by atoms with van der Waals surface area (Å²) in [4.78, 5) is 10.1. The predicted octanol–water partition coefficient (Wildman–Crippen LogP) is 3.04. The van der Waals surface area contributed by atoms with Crippen molar-refractivity contribution in [2.45, 2.75) is 0 Å². The molecule has 0 spiro atoms. The minimum Gasteiger partial charge on any atom is -0.316 e. The maximum absolute atomic E-state index is 10.5. The smallest absolute Gasteiger partial charge is 0.287 e. The van der Waals surface area contributed by atoms with Gasteiger partial charge >= 0.3 is 0 Å². The third kappa shape index (κ3) is 1.85. The molecule has 0 bridgehead atoms. The summed E-state index contributed by atoms with van der Waals surface area (Å²) < 4.78 is 1.63. The first-order valence-corrected chi connectivity index (χ1v) is 4.63. The van der Waals surface area contributed by atoms with E-state index >= 15 is 0 Å². The van der Waals surface area contributed by atoms with Crippen LogP contribution in [0.5, 0.6) is 0 Å². The van der Waals surface area contributed by atoms with Gasteiger partial charge < -0.3 is 4.57 Å². The molecule has 1 aromatic heterocycles. The molecule has 5 heteroatoms. The second-order valence-electron chi connectivity index (χ2n) is 2.99. The maximum atomic E-state index is 10.5. The van der Waals surface area contributed by atoms with Crippen LogP contribution in [0.15, 0.2) is 42.7 Å². The molecule has 0 saturated heterocycles. The van der Waals surface area contributed by atoms with E-state index in [-0.39, 0.29) is 5.69 Å². The molecule has 0 saturated carbocycles. The molecular weight excluding hydrogens is 216 g/mol. The van der Waals surface area contributed by atoms with Crippen LogP contribution in [0.25, 0.3) is 5.69 Å². The van der Waals surface area contributed by atoms with Gasteiger partial charge in [-0.25, -0.2) is 0 Å². The number of rotatable bonds is 2. The summed E-state index contributed by atoms with van der Waals surface area (Å²) in [5.74, 6) is 0. The lowest BCUT2D eigenvalue weighted by Crippen LogP contribution is -1.90. The van der Waals surface area contributed by atoms with Gasteiger partial charge in [0.15, 0.2) is 0 Å². The summed E-state index contributed by atoms with van der Waals surface area (Å²) >= 11 is 5.96. The number of para-hydroxylation sites is 1. The lowest BCUT2D eigenvalue weighted by atomic mass is 10.3. The lowest BCUT2D eigenvalue weighted by molar-refractivity contribution is -0.384. The molecule has 0 amide bonds. The summed E-state index contributed by atoms with van der Waals surface area (Å²) in [6, 6.07) is 8.61. The number of hydrogen-bond donors (Lipinski definition) is 0. The van der Waals surface area contributed by atoms with Crippen LogP contribution in [-0.2, 0) is 0 Å². The first kappa shape index (κ1) is 9.73. The molecular formula is C10H7ClN2O2. The molecule has 76 valence electrons. The van der Waals surface area contributed by atoms with Gasteiger partial charge in [-0.1, -0.05) is 23.7 Å². The predicted molar refractivity (Wildman–Crippen MR) is 57.4 cm³/mol. The van der Waals surface area contributed by atoms with Crippen molar-refractivity contribution in [3.8, 4) is 5.69 Å². The van der Waals surface area contributed by atoms with Crippen molar-refractivity contribution in [3.05, 3.63) is 57.9 Å². The molecule has 1 heterocycles. The zero-order valence-electron chi connectivity index (χ0n) is 7.63. The maximum Gasteiger partial charge on any atom is 0.287 e. The Balaban J connectivity index is 2.46. The summed E-state index contributed by atoms with van der Waals surface area (Å²) in [5.41, 5.74) is 0.780. The zero-order valence-corrected chi connectivity index (χ0v) is 8.39. The zero-order chi connectivity index (χ0) is 10.8. The average Bonchev–Trinajstić information content (AvgIpc) is 2.67. The molecule has 4 nitrogen and oxygen atoms in total. The molecule has 1 aromatic carbocycles. The van der Waals surface area contributed by atoms with E-state index in [4.69, 9.17) is 11.6 Å². The Morgan fingerprint density at radius 1 is 1.27 bits per heavy atom. The molecule has 0 aliphatic heterocycles. The first-order chi connectivity index (χ1) is 7.18. The molecule has 0 atom stereocenters. The topological polar surface area (TPSA) is 48.1 Å². The number of nitrogens with zero attached hydrogens (tertiary/aromatic N) is 2. The molecule has 0 fully saturated rings. The largest absolute Gasteiger partial charge is 0.316 e. The standard InChI is InChI=1S/C10H7ClN2O2/c11-9-3-1-2-4-10(9)12-6-5-8(7-12)13(14)15/h1-7H. The van der Waals surface area contributed by atoms with E-state index in [1.165, 1.54) is 12.3 Å². The Bertz CT molecular complexity index is 508. The van der Waals surface area contributed by atoms with Crippen LogP contribution in [0.4, 0.5) is 5.69 Å². The normalized spacial score (nSPS) is 10.2. The van der Waals surface area contributed by atoms with E-state index in [0.717, 1.165) is 5.69 Å². The van der Waals surface area contributed by atoms with Gasteiger partial charge in [0.25, 0.3) is 5.69 Å². The molecule has 2 aromatic rings. The van der Waals surface area contributed by atoms with Gasteiger partial charge in [0.05, 0.1) is 21.8 Å². The number of halogens is 1. The van der Waals surface area contributed by atoms with Crippen molar-refractivity contribution in [2.75, 3.05) is 0 Å². The van der Waals surface area contributed by atoms with Crippen molar-refractivity contribution < 1.29 is 4.92 Å². The number of aromatic nitrogens is 1. The summed E-state index contributed by atoms with van der Waals surface area (Å²) in [5, 5.41) is 11.0. The summed E-state index contributed by atoms with van der Waals surface area (Å²) in [6.45, 7) is 0. The van der Waals surface area contributed by atoms with Crippen molar-refractivity contribution in [1.29, 1.82) is 0 Å². The second-order valence-corrected chi connectivity index (χ2v) is 3.39. The first-order valence-electron chi connectivity index (χ1n) is 4.26. The van der Waals surface area contributed by atoms with E-state index in [1.54, 1.807) is 22.9 Å². The fourth-order valence-corrected chi connectivity index (χ4v) is 1.54. The molecule has 2 rings (SSSR count). The van der Waals surface area contributed by atoms with Crippen LogP contribution >= 0.6 is 11.6 Å². The molecule has 0 N–H and O–H groups in total. The molecule has 0 aliphatic rings. The van der Waals surface area contributed by atoms with Gasteiger partial charge in [-0.2, -0.15) is 0 Å². The highest BCUT2D eigenvalue weighted by atomic mass is 35.5. The van der Waals surface area contributed by atoms with Crippen LogP contribution < -0.4 is 0 Å². The second kappa shape index (κ2) is 3.74. The highest BCUT2D eigenvalue weighted by Gasteiger charge is 2.09. The fourth-order valence-electron chi connectivity index (χ4n) is 1.30. The Kier molecular flexibility index (Phi) is 2.43. The monoisotopic (exact) mass is 222 g/mol. The van der Waals surface area contributed by atoms with Gasteiger partial charge in [-0.05, 0) is 12.1 Å². The highest BCUT2D eigenvalue weighted by molar-refractivity contribution is 6.32. The minimum atomic E-state index is -0.437. The molecule has 0 unspecified atom stereocenters. The fraction of sp³-hybridized carbons (Fsp3) is 0. The van der Waals surface area contributed by atoms with E-state index < -0.39 is 4.92 Å². The quantitative estimate of drug-likeness (QED) is 0.579. The van der Waals surface area contributed by atoms with Crippen LogP contribution in [0.2, 0.25) is 5.02 Å². The SMILES string of the molecule is O=[N+]([O-])c1ccn(-c2ccccc2Cl)c1. The van der Waals surface area contributed by atoms with Crippen LogP contribution in [0.3, 0.4) is 0 Å². The summed E-state index contributed by atoms with van der Waals surface area (Å²) in [7, 11) is 0. The van der Waals surface area contributed by atoms with Crippen LogP contribution in [-0.4, -0.2) is 9.49 Å². The Morgan fingerprint density at radius 2 is 2.00 bits per heavy atom.